The summed E-state index contributed by atoms with van der Waals surface area (Å²) in [6, 6.07) is 10.3. The van der Waals surface area contributed by atoms with Crippen LogP contribution in [0.3, 0.4) is 0 Å². The van der Waals surface area contributed by atoms with E-state index in [2.05, 4.69) is 36.4 Å². The molecular formula is C19H18O2. The Balaban J connectivity index is 1.79. The van der Waals surface area contributed by atoms with Crippen molar-refractivity contribution in [2.45, 2.75) is 13.8 Å². The molecule has 0 amide bonds. The molecule has 1 heterocycles. The molecule has 3 aliphatic rings. The molecule has 2 fully saturated rings. The molecule has 1 saturated heterocycles. The average molecular weight is 278 g/mol. The molecule has 2 heteroatoms. The quantitative estimate of drug-likeness (QED) is 0.608. The van der Waals surface area contributed by atoms with Crippen molar-refractivity contribution in [2.75, 3.05) is 6.61 Å². The van der Waals surface area contributed by atoms with Crippen LogP contribution in [0.15, 0.2) is 60.2 Å². The lowest BCUT2D eigenvalue weighted by atomic mass is 9.91. The smallest absolute Gasteiger partial charge is 0.317 e. The number of hydrogen-bond donors (Lipinski definition) is 0. The zero-order valence-electron chi connectivity index (χ0n) is 12.3. The highest BCUT2D eigenvalue weighted by Gasteiger charge is 2.82. The molecule has 21 heavy (non-hydrogen) atoms. The molecule has 2 aliphatic carbocycles. The third kappa shape index (κ3) is 1.45. The minimum atomic E-state index is -0.459. The van der Waals surface area contributed by atoms with Crippen LogP contribution in [-0.4, -0.2) is 12.6 Å². The fraction of sp³-hybridized carbons (Fsp3) is 0.316. The van der Waals surface area contributed by atoms with Crippen LogP contribution in [-0.2, 0) is 9.53 Å². The van der Waals surface area contributed by atoms with E-state index in [-0.39, 0.29) is 17.3 Å². The lowest BCUT2D eigenvalue weighted by Crippen LogP contribution is -2.15. The third-order valence-corrected chi connectivity index (χ3v) is 5.04. The average Bonchev–Trinajstić information content (AvgIpc) is 2.96. The van der Waals surface area contributed by atoms with E-state index in [4.69, 9.17) is 4.74 Å². The number of benzene rings is 1. The van der Waals surface area contributed by atoms with Gasteiger partial charge in [0, 0.05) is 5.92 Å². The Morgan fingerprint density at radius 1 is 1.29 bits per heavy atom. The monoisotopic (exact) mass is 278 g/mol. The minimum Gasteiger partial charge on any atom is -0.464 e. The molecule has 0 aromatic heterocycles. The summed E-state index contributed by atoms with van der Waals surface area (Å²) in [5, 5.41) is 0. The summed E-state index contributed by atoms with van der Waals surface area (Å²) in [4.78, 5) is 12.3. The second-order valence-electron chi connectivity index (χ2n) is 6.51. The largest absolute Gasteiger partial charge is 0.464 e. The van der Waals surface area contributed by atoms with Gasteiger partial charge in [-0.15, -0.1) is 0 Å². The summed E-state index contributed by atoms with van der Waals surface area (Å²) >= 11 is 0. The Morgan fingerprint density at radius 3 is 2.76 bits per heavy atom. The first-order valence-electron chi connectivity index (χ1n) is 7.40. The van der Waals surface area contributed by atoms with Gasteiger partial charge in [-0.3, -0.25) is 4.79 Å². The van der Waals surface area contributed by atoms with Crippen LogP contribution in [0.4, 0.5) is 0 Å². The highest BCUT2D eigenvalue weighted by molar-refractivity contribution is 5.93. The maximum absolute atomic E-state index is 12.3. The molecule has 1 aromatic rings. The van der Waals surface area contributed by atoms with E-state index in [9.17, 15) is 4.79 Å². The van der Waals surface area contributed by atoms with Crippen molar-refractivity contribution in [3.8, 4) is 0 Å². The summed E-state index contributed by atoms with van der Waals surface area (Å²) < 4.78 is 5.36. The summed E-state index contributed by atoms with van der Waals surface area (Å²) in [5.41, 5.74) is 2.98. The van der Waals surface area contributed by atoms with Gasteiger partial charge in [0.2, 0.25) is 0 Å². The van der Waals surface area contributed by atoms with E-state index in [0.717, 1.165) is 0 Å². The van der Waals surface area contributed by atoms with Crippen LogP contribution in [0.2, 0.25) is 0 Å². The lowest BCUT2D eigenvalue weighted by molar-refractivity contribution is -0.144. The van der Waals surface area contributed by atoms with Crippen molar-refractivity contribution in [3.63, 3.8) is 0 Å². The van der Waals surface area contributed by atoms with E-state index in [0.29, 0.717) is 6.61 Å². The standard InChI is InChI=1S/C19H18O2/c1-13(2)11-19-16-10-15(14-6-4-3-5-7-14)8-9-18(16,19)12-21-17(19)20/h3-11,16H,12H2,1-2H3/t16-,18-,19-/m0/s1. The molecule has 1 spiro atoms. The van der Waals surface area contributed by atoms with Crippen LogP contribution in [0.5, 0.6) is 0 Å². The number of cyclic esters (lactones) is 1. The van der Waals surface area contributed by atoms with Crippen molar-refractivity contribution >= 4 is 11.5 Å². The first kappa shape index (κ1) is 12.6. The zero-order valence-corrected chi connectivity index (χ0v) is 12.3. The number of hydrogen-bond acceptors (Lipinski definition) is 2. The van der Waals surface area contributed by atoms with Gasteiger partial charge in [0.05, 0.1) is 5.41 Å². The van der Waals surface area contributed by atoms with E-state index in [1.165, 1.54) is 16.7 Å². The van der Waals surface area contributed by atoms with Crippen LogP contribution < -0.4 is 0 Å². The summed E-state index contributed by atoms with van der Waals surface area (Å²) in [5.74, 6) is 0.172. The summed E-state index contributed by atoms with van der Waals surface area (Å²) in [6.07, 6.45) is 8.72. The van der Waals surface area contributed by atoms with Gasteiger partial charge in [-0.05, 0) is 25.0 Å². The van der Waals surface area contributed by atoms with Gasteiger partial charge in [0.15, 0.2) is 0 Å². The van der Waals surface area contributed by atoms with Gasteiger partial charge in [-0.25, -0.2) is 0 Å². The van der Waals surface area contributed by atoms with E-state index < -0.39 is 5.41 Å². The van der Waals surface area contributed by atoms with Crippen molar-refractivity contribution in [2.24, 2.45) is 16.7 Å². The first-order chi connectivity index (χ1) is 10.1. The van der Waals surface area contributed by atoms with Crippen molar-refractivity contribution in [3.05, 3.63) is 65.8 Å². The number of rotatable bonds is 2. The third-order valence-electron chi connectivity index (χ3n) is 5.04. The number of esters is 1. The second kappa shape index (κ2) is 3.97. The van der Waals surface area contributed by atoms with E-state index >= 15 is 0 Å². The lowest BCUT2D eigenvalue weighted by Gasteiger charge is -2.13. The Labute approximate surface area is 124 Å². The van der Waals surface area contributed by atoms with Gasteiger partial charge in [-0.1, -0.05) is 60.2 Å². The zero-order chi connectivity index (χ0) is 14.7. The predicted octanol–water partition coefficient (Wildman–Crippen LogP) is 3.77. The van der Waals surface area contributed by atoms with Crippen LogP contribution in [0.25, 0.3) is 5.57 Å². The van der Waals surface area contributed by atoms with Crippen molar-refractivity contribution < 1.29 is 9.53 Å². The Morgan fingerprint density at radius 2 is 2.05 bits per heavy atom. The Kier molecular flexibility index (Phi) is 2.39. The number of ether oxygens (including phenoxy) is 1. The number of allylic oxidation sites excluding steroid dienone is 4. The molecule has 1 saturated carbocycles. The summed E-state index contributed by atoms with van der Waals surface area (Å²) in [6.45, 7) is 4.60. The first-order valence-corrected chi connectivity index (χ1v) is 7.40. The van der Waals surface area contributed by atoms with Gasteiger partial charge < -0.3 is 4.74 Å². The Hall–Kier alpha value is -2.09. The molecule has 0 N–H and O–H groups in total. The van der Waals surface area contributed by atoms with E-state index in [1.54, 1.807) is 0 Å². The predicted molar refractivity (Wildman–Crippen MR) is 82.3 cm³/mol. The van der Waals surface area contributed by atoms with Crippen molar-refractivity contribution in [1.29, 1.82) is 0 Å². The number of carbonyl (C=O) groups excluding carboxylic acids is 1. The normalized spacial score (nSPS) is 35.4. The number of fused-ring (bicyclic) bond motifs is 1. The van der Waals surface area contributed by atoms with Crippen LogP contribution in [0.1, 0.15) is 19.4 Å². The molecule has 106 valence electrons. The topological polar surface area (TPSA) is 26.3 Å². The molecule has 0 bridgehead atoms. The molecule has 1 aromatic carbocycles. The van der Waals surface area contributed by atoms with Gasteiger partial charge >= 0.3 is 5.97 Å². The molecule has 4 rings (SSSR count). The molecule has 1 aliphatic heterocycles. The molecular weight excluding hydrogens is 260 g/mol. The molecule has 3 atom stereocenters. The highest BCUT2D eigenvalue weighted by atomic mass is 16.5. The van der Waals surface area contributed by atoms with E-state index in [1.807, 2.05) is 32.0 Å². The fourth-order valence-electron chi connectivity index (χ4n) is 4.05. The summed E-state index contributed by atoms with van der Waals surface area (Å²) in [7, 11) is 0. The molecule has 2 nitrogen and oxygen atoms in total. The highest BCUT2D eigenvalue weighted by Crippen LogP contribution is 2.77. The van der Waals surface area contributed by atoms with Crippen LogP contribution in [0, 0.1) is 16.7 Å². The van der Waals surface area contributed by atoms with Gasteiger partial charge in [-0.2, -0.15) is 0 Å². The van der Waals surface area contributed by atoms with Crippen LogP contribution >= 0.6 is 0 Å². The fourth-order valence-corrected chi connectivity index (χ4v) is 4.05. The Bertz CT molecular complexity index is 706. The maximum atomic E-state index is 12.3. The number of carbonyl (C=O) groups is 1. The van der Waals surface area contributed by atoms with Gasteiger partial charge in [0.25, 0.3) is 0 Å². The maximum Gasteiger partial charge on any atom is 0.317 e. The van der Waals surface area contributed by atoms with Gasteiger partial charge in [0.1, 0.15) is 12.0 Å². The molecule has 0 radical (unpaired) electrons. The molecule has 0 unspecified atom stereocenters. The second-order valence-corrected chi connectivity index (χ2v) is 6.51. The SMILES string of the molecule is CC(C)=C[C@]12C(=O)OC[C@]13C=CC(c1ccccc1)=C[C@@H]32. The minimum absolute atomic E-state index is 0.0658. The van der Waals surface area contributed by atoms with Crippen molar-refractivity contribution in [1.82, 2.24) is 0 Å².